The molecule has 2 aromatic rings. The van der Waals surface area contributed by atoms with Crippen LogP contribution < -0.4 is 14.2 Å². The molecular weight excluding hydrogens is 384 g/mol. The van der Waals surface area contributed by atoms with Gasteiger partial charge in [0.1, 0.15) is 23.9 Å². The van der Waals surface area contributed by atoms with Gasteiger partial charge in [0.2, 0.25) is 0 Å². The van der Waals surface area contributed by atoms with Crippen molar-refractivity contribution in [3.63, 3.8) is 0 Å². The lowest BCUT2D eigenvalue weighted by Crippen LogP contribution is -2.10. The molecular formula is C20H23BrO4. The van der Waals surface area contributed by atoms with Gasteiger partial charge in [0.05, 0.1) is 16.6 Å². The van der Waals surface area contributed by atoms with Crippen molar-refractivity contribution in [1.29, 1.82) is 0 Å². The van der Waals surface area contributed by atoms with Crippen LogP contribution in [0.5, 0.6) is 17.2 Å². The molecule has 25 heavy (non-hydrogen) atoms. The summed E-state index contributed by atoms with van der Waals surface area (Å²) in [5.41, 5.74) is 3.05. The number of hydrogen-bond acceptors (Lipinski definition) is 4. The van der Waals surface area contributed by atoms with E-state index in [-0.39, 0.29) is 12.6 Å². The molecule has 0 fully saturated rings. The van der Waals surface area contributed by atoms with Crippen LogP contribution in [0, 0.1) is 13.8 Å². The molecule has 0 saturated heterocycles. The smallest absolute Gasteiger partial charge is 0.310 e. The number of carbonyl (C=O) groups is 1. The van der Waals surface area contributed by atoms with E-state index in [1.807, 2.05) is 32.0 Å². The van der Waals surface area contributed by atoms with Crippen LogP contribution in [0.1, 0.15) is 37.0 Å². The predicted octanol–water partition coefficient (Wildman–Crippen LogP) is 5.36. The number of carbonyl (C=O) groups excluding carboxylic acids is 1. The summed E-state index contributed by atoms with van der Waals surface area (Å²) in [6.45, 7) is 8.52. The predicted molar refractivity (Wildman–Crippen MR) is 101 cm³/mol. The highest BCUT2D eigenvalue weighted by molar-refractivity contribution is 9.10. The standard InChI is InChI=1S/C20H23BrO4/c1-5-20(22)25-18-9-7-8-17(23-6-2)15(18)12-24-19-11-14(4)13(3)10-16(19)21/h7-11H,5-6,12H2,1-4H3. The van der Waals surface area contributed by atoms with Crippen molar-refractivity contribution in [2.45, 2.75) is 40.7 Å². The molecule has 0 unspecified atom stereocenters. The van der Waals surface area contributed by atoms with Gasteiger partial charge in [-0.3, -0.25) is 4.79 Å². The second-order valence-electron chi connectivity index (χ2n) is 5.65. The molecule has 0 N–H and O–H groups in total. The molecule has 5 heteroatoms. The third kappa shape index (κ3) is 4.98. The Labute approximate surface area is 157 Å². The van der Waals surface area contributed by atoms with Gasteiger partial charge in [-0.05, 0) is 72.1 Å². The Morgan fingerprint density at radius 3 is 2.36 bits per heavy atom. The third-order valence-electron chi connectivity index (χ3n) is 3.82. The first-order valence-corrected chi connectivity index (χ1v) is 9.10. The fourth-order valence-electron chi connectivity index (χ4n) is 2.28. The quantitative estimate of drug-likeness (QED) is 0.458. The van der Waals surface area contributed by atoms with E-state index in [4.69, 9.17) is 14.2 Å². The van der Waals surface area contributed by atoms with Crippen LogP contribution in [0.2, 0.25) is 0 Å². The number of halogens is 1. The van der Waals surface area contributed by atoms with Crippen molar-refractivity contribution in [1.82, 2.24) is 0 Å². The van der Waals surface area contributed by atoms with E-state index in [9.17, 15) is 4.79 Å². The van der Waals surface area contributed by atoms with Gasteiger partial charge >= 0.3 is 5.97 Å². The minimum atomic E-state index is -0.290. The zero-order valence-electron chi connectivity index (χ0n) is 15.0. The Morgan fingerprint density at radius 2 is 1.68 bits per heavy atom. The summed E-state index contributed by atoms with van der Waals surface area (Å²) in [5.74, 6) is 1.58. The van der Waals surface area contributed by atoms with E-state index in [0.29, 0.717) is 24.5 Å². The first-order chi connectivity index (χ1) is 12.0. The van der Waals surface area contributed by atoms with Crippen LogP contribution in [-0.4, -0.2) is 12.6 Å². The Hall–Kier alpha value is -2.01. The summed E-state index contributed by atoms with van der Waals surface area (Å²) < 4.78 is 18.0. The SMILES string of the molecule is CCOc1cccc(OC(=O)CC)c1COc1cc(C)c(C)cc1Br. The Morgan fingerprint density at radius 1 is 1.00 bits per heavy atom. The van der Waals surface area contributed by atoms with Crippen LogP contribution in [0.25, 0.3) is 0 Å². The van der Waals surface area contributed by atoms with Gasteiger partial charge in [0.15, 0.2) is 0 Å². The van der Waals surface area contributed by atoms with Gasteiger partial charge in [0, 0.05) is 6.42 Å². The number of hydrogen-bond donors (Lipinski definition) is 0. The van der Waals surface area contributed by atoms with Gasteiger partial charge in [-0.25, -0.2) is 0 Å². The minimum absolute atomic E-state index is 0.240. The molecule has 0 aliphatic carbocycles. The van der Waals surface area contributed by atoms with E-state index in [1.165, 1.54) is 5.56 Å². The van der Waals surface area contributed by atoms with Gasteiger partial charge in [-0.1, -0.05) is 13.0 Å². The summed E-state index contributed by atoms with van der Waals surface area (Å²) in [6.07, 6.45) is 0.307. The lowest BCUT2D eigenvalue weighted by molar-refractivity contribution is -0.134. The molecule has 4 nitrogen and oxygen atoms in total. The largest absolute Gasteiger partial charge is 0.493 e. The van der Waals surface area contributed by atoms with E-state index in [2.05, 4.69) is 22.9 Å². The maximum Gasteiger partial charge on any atom is 0.310 e. The second-order valence-corrected chi connectivity index (χ2v) is 6.50. The Balaban J connectivity index is 2.30. The molecule has 0 amide bonds. The minimum Gasteiger partial charge on any atom is -0.493 e. The molecule has 0 aromatic heterocycles. The maximum absolute atomic E-state index is 11.7. The number of aryl methyl sites for hydroxylation is 2. The Bertz CT molecular complexity index is 756. The normalized spacial score (nSPS) is 10.4. The van der Waals surface area contributed by atoms with Crippen LogP contribution in [0.4, 0.5) is 0 Å². The van der Waals surface area contributed by atoms with Crippen molar-refractivity contribution in [2.75, 3.05) is 6.61 Å². The molecule has 0 heterocycles. The topological polar surface area (TPSA) is 44.8 Å². The summed E-state index contributed by atoms with van der Waals surface area (Å²) in [6, 6.07) is 9.42. The van der Waals surface area contributed by atoms with Crippen molar-refractivity contribution in [3.05, 3.63) is 51.5 Å². The molecule has 0 atom stereocenters. The van der Waals surface area contributed by atoms with Gasteiger partial charge in [-0.2, -0.15) is 0 Å². The monoisotopic (exact) mass is 406 g/mol. The second kappa shape index (κ2) is 8.90. The van der Waals surface area contributed by atoms with Crippen LogP contribution in [-0.2, 0) is 11.4 Å². The molecule has 0 aliphatic rings. The molecule has 0 saturated carbocycles. The highest BCUT2D eigenvalue weighted by Crippen LogP contribution is 2.33. The van der Waals surface area contributed by atoms with Crippen LogP contribution in [0.3, 0.4) is 0 Å². The zero-order valence-corrected chi connectivity index (χ0v) is 16.6. The van der Waals surface area contributed by atoms with E-state index < -0.39 is 0 Å². The average Bonchev–Trinajstić information content (AvgIpc) is 2.58. The number of rotatable bonds is 7. The van der Waals surface area contributed by atoms with Crippen LogP contribution >= 0.6 is 15.9 Å². The number of benzene rings is 2. The lowest BCUT2D eigenvalue weighted by atomic mass is 10.1. The number of esters is 1. The zero-order chi connectivity index (χ0) is 18.4. The van der Waals surface area contributed by atoms with Gasteiger partial charge in [-0.15, -0.1) is 0 Å². The highest BCUT2D eigenvalue weighted by Gasteiger charge is 2.15. The summed E-state index contributed by atoms with van der Waals surface area (Å²) in [4.78, 5) is 11.7. The first kappa shape index (κ1) is 19.3. The summed E-state index contributed by atoms with van der Waals surface area (Å²) >= 11 is 3.53. The number of ether oxygens (including phenoxy) is 3. The van der Waals surface area contributed by atoms with E-state index in [1.54, 1.807) is 19.1 Å². The molecule has 0 spiro atoms. The average molecular weight is 407 g/mol. The third-order valence-corrected chi connectivity index (χ3v) is 4.44. The maximum atomic E-state index is 11.7. The van der Waals surface area contributed by atoms with E-state index in [0.717, 1.165) is 21.3 Å². The molecule has 2 aromatic carbocycles. The van der Waals surface area contributed by atoms with Crippen LogP contribution in [0.15, 0.2) is 34.8 Å². The molecule has 134 valence electrons. The fourth-order valence-corrected chi connectivity index (χ4v) is 2.86. The first-order valence-electron chi connectivity index (χ1n) is 8.31. The molecule has 0 radical (unpaired) electrons. The Kier molecular flexibility index (Phi) is 6.88. The summed E-state index contributed by atoms with van der Waals surface area (Å²) in [5, 5.41) is 0. The highest BCUT2D eigenvalue weighted by atomic mass is 79.9. The van der Waals surface area contributed by atoms with Gasteiger partial charge in [0.25, 0.3) is 0 Å². The van der Waals surface area contributed by atoms with Crippen molar-refractivity contribution < 1.29 is 19.0 Å². The fraction of sp³-hybridized carbons (Fsp3) is 0.350. The van der Waals surface area contributed by atoms with Crippen molar-refractivity contribution in [2.24, 2.45) is 0 Å². The van der Waals surface area contributed by atoms with Crippen molar-refractivity contribution >= 4 is 21.9 Å². The summed E-state index contributed by atoms with van der Waals surface area (Å²) in [7, 11) is 0. The molecule has 0 bridgehead atoms. The lowest BCUT2D eigenvalue weighted by Gasteiger charge is -2.16. The molecule has 2 rings (SSSR count). The van der Waals surface area contributed by atoms with Gasteiger partial charge < -0.3 is 14.2 Å². The molecule has 0 aliphatic heterocycles. The van der Waals surface area contributed by atoms with Crippen molar-refractivity contribution in [3.8, 4) is 17.2 Å². The van der Waals surface area contributed by atoms with E-state index >= 15 is 0 Å².